The van der Waals surface area contributed by atoms with Crippen molar-refractivity contribution in [3.63, 3.8) is 0 Å². The summed E-state index contributed by atoms with van der Waals surface area (Å²) in [5.74, 6) is 5.38. The third-order valence-electron chi connectivity index (χ3n) is 2.05. The molecule has 1 aliphatic rings. The molecule has 0 spiro atoms. The van der Waals surface area contributed by atoms with Crippen molar-refractivity contribution in [3.8, 4) is 11.8 Å². The molecule has 0 bridgehead atoms. The zero-order valence-corrected chi connectivity index (χ0v) is 8.60. The Balaban J connectivity index is 2.47. The number of benzene rings is 1. The molecule has 0 aliphatic carbocycles. The van der Waals surface area contributed by atoms with Gasteiger partial charge in [-0.2, -0.15) is 12.6 Å². The fourth-order valence-electron chi connectivity index (χ4n) is 1.39. The normalized spacial score (nSPS) is 12.9. The van der Waals surface area contributed by atoms with Gasteiger partial charge in [0.15, 0.2) is 0 Å². The molecule has 2 amide bonds. The Bertz CT molecular complexity index is 511. The van der Waals surface area contributed by atoms with Gasteiger partial charge in [-0.3, -0.25) is 14.9 Å². The summed E-state index contributed by atoms with van der Waals surface area (Å²) in [5.41, 5.74) is 1.52. The smallest absolute Gasteiger partial charge is 0.258 e. The van der Waals surface area contributed by atoms with E-state index in [0.717, 1.165) is 0 Å². The average Bonchev–Trinajstić information content (AvgIpc) is 2.52. The highest BCUT2D eigenvalue weighted by Gasteiger charge is 2.26. The fraction of sp³-hybridized carbons (Fsp3) is 0.0909. The highest BCUT2D eigenvalue weighted by molar-refractivity contribution is 7.80. The first-order valence-corrected chi connectivity index (χ1v) is 4.95. The lowest BCUT2D eigenvalue weighted by Crippen LogP contribution is -2.19. The lowest BCUT2D eigenvalue weighted by Gasteiger charge is -1.94. The molecule has 0 saturated heterocycles. The third kappa shape index (κ3) is 1.74. The molecule has 0 aromatic heterocycles. The molecule has 0 fully saturated rings. The van der Waals surface area contributed by atoms with Crippen LogP contribution >= 0.6 is 12.6 Å². The maximum Gasteiger partial charge on any atom is 0.258 e. The minimum Gasteiger partial charge on any atom is -0.288 e. The van der Waals surface area contributed by atoms with Crippen LogP contribution in [0, 0.1) is 11.8 Å². The van der Waals surface area contributed by atoms with Crippen molar-refractivity contribution in [3.05, 3.63) is 34.9 Å². The largest absolute Gasteiger partial charge is 0.288 e. The predicted molar refractivity (Wildman–Crippen MR) is 59.0 cm³/mol. The summed E-state index contributed by atoms with van der Waals surface area (Å²) in [4.78, 5) is 22.5. The second kappa shape index (κ2) is 3.79. The van der Waals surface area contributed by atoms with E-state index in [9.17, 15) is 9.59 Å². The second-order valence-corrected chi connectivity index (χ2v) is 3.32. The summed E-state index contributed by atoms with van der Waals surface area (Å²) in [7, 11) is 0. The fourth-order valence-corrected chi connectivity index (χ4v) is 1.47. The van der Waals surface area contributed by atoms with Gasteiger partial charge < -0.3 is 0 Å². The third-order valence-corrected chi connectivity index (χ3v) is 2.21. The molecule has 3 nitrogen and oxygen atoms in total. The second-order valence-electron chi connectivity index (χ2n) is 3.00. The van der Waals surface area contributed by atoms with E-state index in [1.165, 1.54) is 0 Å². The Labute approximate surface area is 92.3 Å². The van der Waals surface area contributed by atoms with Crippen molar-refractivity contribution in [1.82, 2.24) is 5.32 Å². The average molecular weight is 217 g/mol. The topological polar surface area (TPSA) is 46.2 Å². The summed E-state index contributed by atoms with van der Waals surface area (Å²) >= 11 is 3.96. The van der Waals surface area contributed by atoms with Gasteiger partial charge in [0.2, 0.25) is 0 Å². The predicted octanol–water partition coefficient (Wildman–Crippen LogP) is 0.852. The maximum atomic E-state index is 11.3. The number of fused-ring (bicyclic) bond motifs is 1. The summed E-state index contributed by atoms with van der Waals surface area (Å²) in [6, 6.07) is 4.94. The van der Waals surface area contributed by atoms with Crippen LogP contribution in [0.15, 0.2) is 18.2 Å². The Morgan fingerprint density at radius 3 is 2.67 bits per heavy atom. The molecule has 0 unspecified atom stereocenters. The zero-order chi connectivity index (χ0) is 10.8. The lowest BCUT2D eigenvalue weighted by atomic mass is 10.1. The molecule has 0 saturated carbocycles. The molecule has 0 atom stereocenters. The van der Waals surface area contributed by atoms with Gasteiger partial charge in [-0.1, -0.05) is 11.8 Å². The number of hydrogen-bond donors (Lipinski definition) is 2. The number of carbonyl (C=O) groups excluding carboxylic acids is 2. The van der Waals surface area contributed by atoms with Crippen LogP contribution in [0.2, 0.25) is 0 Å². The van der Waals surface area contributed by atoms with Crippen LogP contribution < -0.4 is 5.32 Å². The maximum absolute atomic E-state index is 11.3. The van der Waals surface area contributed by atoms with E-state index in [1.54, 1.807) is 18.2 Å². The van der Waals surface area contributed by atoms with Crippen LogP contribution in [-0.2, 0) is 0 Å². The molecular weight excluding hydrogens is 210 g/mol. The van der Waals surface area contributed by atoms with Gasteiger partial charge in [0, 0.05) is 5.56 Å². The molecule has 2 rings (SSSR count). The quantitative estimate of drug-likeness (QED) is 0.384. The zero-order valence-electron chi connectivity index (χ0n) is 7.70. The van der Waals surface area contributed by atoms with E-state index in [1.807, 2.05) is 0 Å². The first-order valence-electron chi connectivity index (χ1n) is 4.32. The van der Waals surface area contributed by atoms with Gasteiger partial charge in [0.1, 0.15) is 0 Å². The number of hydrogen-bond acceptors (Lipinski definition) is 3. The molecule has 0 radical (unpaired) electrons. The Kier molecular flexibility index (Phi) is 2.48. The van der Waals surface area contributed by atoms with Gasteiger partial charge in [-0.05, 0) is 18.2 Å². The van der Waals surface area contributed by atoms with Crippen LogP contribution in [0.25, 0.3) is 0 Å². The van der Waals surface area contributed by atoms with Crippen LogP contribution in [0.3, 0.4) is 0 Å². The van der Waals surface area contributed by atoms with E-state index in [2.05, 4.69) is 29.8 Å². The summed E-state index contributed by atoms with van der Waals surface area (Å²) in [5, 5.41) is 2.22. The van der Waals surface area contributed by atoms with Crippen molar-refractivity contribution in [1.29, 1.82) is 0 Å². The highest BCUT2D eigenvalue weighted by Crippen LogP contribution is 2.16. The Morgan fingerprint density at radius 1 is 1.20 bits per heavy atom. The van der Waals surface area contributed by atoms with E-state index >= 15 is 0 Å². The molecule has 74 valence electrons. The van der Waals surface area contributed by atoms with Crippen LogP contribution in [0.1, 0.15) is 26.3 Å². The molecule has 1 aromatic carbocycles. The van der Waals surface area contributed by atoms with E-state index in [4.69, 9.17) is 0 Å². The summed E-state index contributed by atoms with van der Waals surface area (Å²) < 4.78 is 0. The molecule has 4 heteroatoms. The van der Waals surface area contributed by atoms with Crippen molar-refractivity contribution >= 4 is 24.4 Å². The number of nitrogens with one attached hydrogen (secondary N) is 1. The first kappa shape index (κ1) is 9.81. The number of imide groups is 1. The molecule has 1 aromatic rings. The van der Waals surface area contributed by atoms with E-state index < -0.39 is 0 Å². The molecular formula is C11H7NO2S. The van der Waals surface area contributed by atoms with Crippen LogP contribution in [0.5, 0.6) is 0 Å². The Hall–Kier alpha value is -1.73. The summed E-state index contributed by atoms with van der Waals surface area (Å²) in [6.07, 6.45) is 0. The van der Waals surface area contributed by atoms with Gasteiger partial charge in [-0.25, -0.2) is 0 Å². The lowest BCUT2D eigenvalue weighted by molar-refractivity contribution is 0.0879. The molecule has 1 heterocycles. The molecule has 1 aliphatic heterocycles. The van der Waals surface area contributed by atoms with Crippen molar-refractivity contribution in [2.75, 3.05) is 5.75 Å². The van der Waals surface area contributed by atoms with Gasteiger partial charge in [0.05, 0.1) is 16.9 Å². The number of thiol groups is 1. The van der Waals surface area contributed by atoms with Crippen LogP contribution in [-0.4, -0.2) is 17.6 Å². The minimum atomic E-state index is -0.357. The van der Waals surface area contributed by atoms with Crippen molar-refractivity contribution < 1.29 is 9.59 Å². The number of amides is 2. The Morgan fingerprint density at radius 2 is 1.93 bits per heavy atom. The van der Waals surface area contributed by atoms with Crippen molar-refractivity contribution in [2.45, 2.75) is 0 Å². The number of rotatable bonds is 0. The summed E-state index contributed by atoms with van der Waals surface area (Å²) in [6.45, 7) is 0. The molecule has 1 N–H and O–H groups in total. The van der Waals surface area contributed by atoms with Gasteiger partial charge in [-0.15, -0.1) is 0 Å². The van der Waals surface area contributed by atoms with Crippen LogP contribution in [0.4, 0.5) is 0 Å². The van der Waals surface area contributed by atoms with Gasteiger partial charge in [0.25, 0.3) is 11.8 Å². The van der Waals surface area contributed by atoms with E-state index in [-0.39, 0.29) is 11.8 Å². The number of carbonyl (C=O) groups is 2. The van der Waals surface area contributed by atoms with Gasteiger partial charge >= 0.3 is 0 Å². The van der Waals surface area contributed by atoms with Crippen molar-refractivity contribution in [2.24, 2.45) is 0 Å². The highest BCUT2D eigenvalue weighted by atomic mass is 32.1. The van der Waals surface area contributed by atoms with E-state index in [0.29, 0.717) is 22.4 Å². The first-order chi connectivity index (χ1) is 7.22. The molecule has 15 heavy (non-hydrogen) atoms. The minimum absolute atomic E-state index is 0.344. The standard InChI is InChI=1S/C11H7NO2S/c13-10-8-4-3-7(2-1-5-15)6-9(8)11(14)12-10/h3-4,6,15H,5H2,(H,12,13,14). The monoisotopic (exact) mass is 217 g/mol. The SMILES string of the molecule is O=C1NC(=O)c2cc(C#CCS)ccc21.